The van der Waals surface area contributed by atoms with Gasteiger partial charge in [0.2, 0.25) is 0 Å². The highest BCUT2D eigenvalue weighted by molar-refractivity contribution is 5.91. The molecule has 0 atom stereocenters. The first-order valence-electron chi connectivity index (χ1n) is 7.92. The lowest BCUT2D eigenvalue weighted by molar-refractivity contribution is -0.118. The summed E-state index contributed by atoms with van der Waals surface area (Å²) in [5.41, 5.74) is 0.752. The number of carbonyl (C=O) groups excluding carboxylic acids is 1. The zero-order valence-electron chi connectivity index (χ0n) is 12.9. The number of benzene rings is 1. The van der Waals surface area contributed by atoms with Gasteiger partial charge in [-0.05, 0) is 30.5 Å². The minimum atomic E-state index is -0.223. The second-order valence-electron chi connectivity index (χ2n) is 5.74. The minimum absolute atomic E-state index is 0.0516. The molecule has 1 aromatic carbocycles. The van der Waals surface area contributed by atoms with Crippen LogP contribution < -0.4 is 10.1 Å². The van der Waals surface area contributed by atoms with Crippen molar-refractivity contribution in [2.24, 2.45) is 0 Å². The molecule has 3 rings (SSSR count). The zero-order chi connectivity index (χ0) is 16.1. The Kier molecular flexibility index (Phi) is 4.92. The van der Waals surface area contributed by atoms with Gasteiger partial charge < -0.3 is 15.2 Å². The lowest BCUT2D eigenvalue weighted by Crippen LogP contribution is -2.23. The van der Waals surface area contributed by atoms with Crippen LogP contribution >= 0.6 is 0 Å². The Morgan fingerprint density at radius 2 is 2.17 bits per heavy atom. The highest BCUT2D eigenvalue weighted by Gasteiger charge is 2.20. The van der Waals surface area contributed by atoms with E-state index in [0.717, 1.165) is 24.2 Å². The molecule has 23 heavy (non-hydrogen) atoms. The molecular formula is C17H21N3O3. The number of hydrogen-bond donors (Lipinski definition) is 2. The molecule has 2 aromatic rings. The fourth-order valence-corrected chi connectivity index (χ4v) is 2.91. The van der Waals surface area contributed by atoms with Gasteiger partial charge in [0.25, 0.3) is 5.91 Å². The summed E-state index contributed by atoms with van der Waals surface area (Å²) in [6.07, 6.45) is 6.34. The maximum atomic E-state index is 12.1. The third kappa shape index (κ3) is 3.90. The third-order valence-corrected chi connectivity index (χ3v) is 4.06. The molecule has 1 aromatic heterocycles. The average Bonchev–Trinajstić information content (AvgIpc) is 3.24. The highest BCUT2D eigenvalue weighted by Crippen LogP contribution is 2.31. The molecule has 6 heteroatoms. The van der Waals surface area contributed by atoms with E-state index < -0.39 is 0 Å². The van der Waals surface area contributed by atoms with Crippen molar-refractivity contribution in [1.29, 1.82) is 0 Å². The van der Waals surface area contributed by atoms with Gasteiger partial charge in [0.15, 0.2) is 6.61 Å². The summed E-state index contributed by atoms with van der Waals surface area (Å²) in [6.45, 7) is -0.130. The van der Waals surface area contributed by atoms with Crippen LogP contribution in [0.15, 0.2) is 36.5 Å². The third-order valence-electron chi connectivity index (χ3n) is 4.06. The molecular weight excluding hydrogens is 294 g/mol. The Hall–Kier alpha value is -2.34. The molecule has 0 saturated heterocycles. The number of nitrogens with one attached hydrogen (secondary N) is 1. The Morgan fingerprint density at radius 1 is 1.35 bits per heavy atom. The van der Waals surface area contributed by atoms with Gasteiger partial charge in [-0.2, -0.15) is 5.10 Å². The number of anilines is 1. The fourth-order valence-electron chi connectivity index (χ4n) is 2.91. The Morgan fingerprint density at radius 3 is 2.96 bits per heavy atom. The predicted octanol–water partition coefficient (Wildman–Crippen LogP) is 2.51. The van der Waals surface area contributed by atoms with Crippen LogP contribution in [0.4, 0.5) is 5.82 Å². The number of carbonyl (C=O) groups is 1. The first-order chi connectivity index (χ1) is 11.3. The zero-order valence-corrected chi connectivity index (χ0v) is 12.9. The van der Waals surface area contributed by atoms with Gasteiger partial charge in [-0.15, -0.1) is 0 Å². The van der Waals surface area contributed by atoms with Crippen molar-refractivity contribution in [1.82, 2.24) is 9.78 Å². The van der Waals surface area contributed by atoms with Crippen molar-refractivity contribution in [3.8, 4) is 5.75 Å². The van der Waals surface area contributed by atoms with Crippen LogP contribution in [0.3, 0.4) is 0 Å². The van der Waals surface area contributed by atoms with Crippen molar-refractivity contribution < 1.29 is 14.6 Å². The lowest BCUT2D eigenvalue weighted by Gasteiger charge is -2.15. The number of nitrogens with zero attached hydrogens (tertiary/aromatic N) is 2. The molecule has 1 heterocycles. The summed E-state index contributed by atoms with van der Waals surface area (Å²) in [7, 11) is 0. The number of aromatic nitrogens is 2. The number of amides is 1. The molecule has 0 bridgehead atoms. The number of rotatable bonds is 6. The van der Waals surface area contributed by atoms with Gasteiger partial charge in [-0.1, -0.05) is 25.0 Å². The van der Waals surface area contributed by atoms with Crippen LogP contribution in [0.2, 0.25) is 0 Å². The van der Waals surface area contributed by atoms with Crippen molar-refractivity contribution in [3.63, 3.8) is 0 Å². The maximum Gasteiger partial charge on any atom is 0.263 e. The lowest BCUT2D eigenvalue weighted by atomic mass is 10.2. The Labute approximate surface area is 135 Å². The highest BCUT2D eigenvalue weighted by atomic mass is 16.5. The number of aliphatic hydroxyl groups excluding tert-OH is 1. The van der Waals surface area contributed by atoms with Crippen LogP contribution in [0, 0.1) is 0 Å². The van der Waals surface area contributed by atoms with Gasteiger partial charge in [-0.3, -0.25) is 4.79 Å². The van der Waals surface area contributed by atoms with Crippen LogP contribution in [0.25, 0.3) is 0 Å². The van der Waals surface area contributed by atoms with Gasteiger partial charge >= 0.3 is 0 Å². The Bertz CT molecular complexity index is 663. The fraction of sp³-hybridized carbons (Fsp3) is 0.412. The molecule has 6 nitrogen and oxygen atoms in total. The molecule has 1 saturated carbocycles. The molecule has 0 spiro atoms. The topological polar surface area (TPSA) is 76.4 Å². The SMILES string of the molecule is O=C(COc1cccc(CO)c1)Nc1ccnn1C1CCCC1. The summed E-state index contributed by atoms with van der Waals surface area (Å²) in [5.74, 6) is 1.06. The van der Waals surface area contributed by atoms with Gasteiger partial charge in [-0.25, -0.2) is 4.68 Å². The summed E-state index contributed by atoms with van der Waals surface area (Å²) in [5, 5.41) is 16.3. The van der Waals surface area contributed by atoms with E-state index in [9.17, 15) is 4.79 Å². The molecule has 2 N–H and O–H groups in total. The van der Waals surface area contributed by atoms with Crippen LogP contribution in [0.1, 0.15) is 37.3 Å². The quantitative estimate of drug-likeness (QED) is 0.859. The van der Waals surface area contributed by atoms with E-state index in [1.54, 1.807) is 30.5 Å². The summed E-state index contributed by atoms with van der Waals surface area (Å²) >= 11 is 0. The molecule has 0 aliphatic heterocycles. The summed E-state index contributed by atoms with van der Waals surface area (Å²) in [6, 6.07) is 9.25. The molecule has 1 amide bonds. The molecule has 0 unspecified atom stereocenters. The van der Waals surface area contributed by atoms with E-state index in [2.05, 4.69) is 10.4 Å². The van der Waals surface area contributed by atoms with Crippen LogP contribution in [-0.4, -0.2) is 27.4 Å². The number of ether oxygens (including phenoxy) is 1. The van der Waals surface area contributed by atoms with E-state index in [1.807, 2.05) is 10.7 Å². The molecule has 1 aliphatic carbocycles. The van der Waals surface area contributed by atoms with E-state index >= 15 is 0 Å². The second kappa shape index (κ2) is 7.28. The maximum absolute atomic E-state index is 12.1. The molecule has 1 aliphatic rings. The van der Waals surface area contributed by atoms with Crippen molar-refractivity contribution >= 4 is 11.7 Å². The van der Waals surface area contributed by atoms with E-state index in [-0.39, 0.29) is 19.1 Å². The van der Waals surface area contributed by atoms with Gasteiger partial charge in [0, 0.05) is 6.07 Å². The van der Waals surface area contributed by atoms with E-state index in [0.29, 0.717) is 11.8 Å². The molecule has 1 fully saturated rings. The smallest absolute Gasteiger partial charge is 0.263 e. The van der Waals surface area contributed by atoms with E-state index in [1.165, 1.54) is 12.8 Å². The first kappa shape index (κ1) is 15.6. The minimum Gasteiger partial charge on any atom is -0.484 e. The predicted molar refractivity (Wildman–Crippen MR) is 86.2 cm³/mol. The Balaban J connectivity index is 1.56. The number of aliphatic hydroxyl groups is 1. The monoisotopic (exact) mass is 315 g/mol. The standard InChI is InChI=1S/C17H21N3O3/c21-11-13-4-3-7-15(10-13)23-12-17(22)19-16-8-9-18-20(16)14-5-1-2-6-14/h3-4,7-10,14,21H,1-2,5-6,11-12H2,(H,19,22). The van der Waals surface area contributed by atoms with E-state index in [4.69, 9.17) is 9.84 Å². The largest absolute Gasteiger partial charge is 0.484 e. The average molecular weight is 315 g/mol. The van der Waals surface area contributed by atoms with Gasteiger partial charge in [0.05, 0.1) is 18.8 Å². The van der Waals surface area contributed by atoms with Crippen LogP contribution in [-0.2, 0) is 11.4 Å². The number of hydrogen-bond acceptors (Lipinski definition) is 4. The van der Waals surface area contributed by atoms with Gasteiger partial charge in [0.1, 0.15) is 11.6 Å². The van der Waals surface area contributed by atoms with Crippen molar-refractivity contribution in [2.45, 2.75) is 38.3 Å². The summed E-state index contributed by atoms with van der Waals surface area (Å²) < 4.78 is 7.37. The molecule has 0 radical (unpaired) electrons. The van der Waals surface area contributed by atoms with Crippen molar-refractivity contribution in [3.05, 3.63) is 42.1 Å². The normalized spacial score (nSPS) is 14.8. The van der Waals surface area contributed by atoms with Crippen LogP contribution in [0.5, 0.6) is 5.75 Å². The van der Waals surface area contributed by atoms with Crippen molar-refractivity contribution in [2.75, 3.05) is 11.9 Å². The molecule has 122 valence electrons. The second-order valence-corrected chi connectivity index (χ2v) is 5.74. The summed E-state index contributed by atoms with van der Waals surface area (Å²) in [4.78, 5) is 12.1. The first-order valence-corrected chi connectivity index (χ1v) is 7.92.